The van der Waals surface area contributed by atoms with Crippen LogP contribution >= 0.6 is 11.3 Å². The topological polar surface area (TPSA) is 37.8 Å². The lowest BCUT2D eigenvalue weighted by molar-refractivity contribution is 0.155. The Balaban J connectivity index is 1.24. The van der Waals surface area contributed by atoms with Crippen LogP contribution in [-0.4, -0.2) is 55.3 Å². The van der Waals surface area contributed by atoms with Crippen LogP contribution < -0.4 is 14.4 Å². The molecule has 0 radical (unpaired) electrons. The van der Waals surface area contributed by atoms with Crippen LogP contribution in [0.2, 0.25) is 0 Å². The lowest BCUT2D eigenvalue weighted by atomic mass is 10.1. The van der Waals surface area contributed by atoms with Crippen molar-refractivity contribution < 1.29 is 9.47 Å². The van der Waals surface area contributed by atoms with Crippen molar-refractivity contribution in [3.05, 3.63) is 60.2 Å². The number of rotatable bonds is 10. The van der Waals surface area contributed by atoms with Gasteiger partial charge in [-0.3, -0.25) is 9.88 Å². The smallest absolute Gasteiger partial charge is 0.119 e. The second-order valence-corrected chi connectivity index (χ2v) is 8.95. The van der Waals surface area contributed by atoms with Crippen molar-refractivity contribution >= 4 is 16.3 Å². The van der Waals surface area contributed by atoms with Crippen molar-refractivity contribution in [1.29, 1.82) is 0 Å². The second-order valence-electron chi connectivity index (χ2n) is 8.09. The maximum absolute atomic E-state index is 6.31. The van der Waals surface area contributed by atoms with E-state index >= 15 is 0 Å². The molecule has 0 bridgehead atoms. The Kier molecular flexibility index (Phi) is 8.02. The van der Waals surface area contributed by atoms with Gasteiger partial charge in [0.05, 0.1) is 24.4 Å². The van der Waals surface area contributed by atoms with Crippen molar-refractivity contribution in [2.24, 2.45) is 0 Å². The Bertz CT molecular complexity index is 921. The molecule has 2 aromatic carbocycles. The number of benzene rings is 2. The highest BCUT2D eigenvalue weighted by Crippen LogP contribution is 2.26. The van der Waals surface area contributed by atoms with Gasteiger partial charge in [-0.2, -0.15) is 0 Å². The highest BCUT2D eigenvalue weighted by atomic mass is 32.1. The van der Waals surface area contributed by atoms with Crippen LogP contribution in [0, 0.1) is 0 Å². The number of hydrogen-bond donors (Lipinski definition) is 0. The third-order valence-corrected chi connectivity index (χ3v) is 6.81. The van der Waals surface area contributed by atoms with Gasteiger partial charge >= 0.3 is 0 Å². The monoisotopic (exact) mass is 451 g/mol. The summed E-state index contributed by atoms with van der Waals surface area (Å²) in [5.74, 6) is 1.86. The first-order valence-corrected chi connectivity index (χ1v) is 12.5. The molecule has 1 saturated heterocycles. The molecule has 4 rings (SSSR count). The summed E-state index contributed by atoms with van der Waals surface area (Å²) in [7, 11) is 0. The predicted octanol–water partition coefficient (Wildman–Crippen LogP) is 5.58. The molecule has 2 heterocycles. The number of nitrogens with zero attached hydrogens (tertiary/aromatic N) is 3. The van der Waals surface area contributed by atoms with Crippen LogP contribution in [0.1, 0.15) is 26.7 Å². The third-order valence-electron chi connectivity index (χ3n) is 5.98. The Morgan fingerprint density at radius 1 is 0.906 bits per heavy atom. The summed E-state index contributed by atoms with van der Waals surface area (Å²) in [6.45, 7) is 10.3. The minimum Gasteiger partial charge on any atom is -0.494 e. The average molecular weight is 452 g/mol. The van der Waals surface area contributed by atoms with Crippen LogP contribution in [0.5, 0.6) is 11.5 Å². The highest BCUT2D eigenvalue weighted by molar-refractivity contribution is 7.13. The molecule has 1 atom stereocenters. The number of thiazole rings is 1. The summed E-state index contributed by atoms with van der Waals surface area (Å²) >= 11 is 1.73. The highest BCUT2D eigenvalue weighted by Gasteiger charge is 2.19. The molecule has 32 heavy (non-hydrogen) atoms. The van der Waals surface area contributed by atoms with Crippen LogP contribution in [0.4, 0.5) is 5.00 Å². The summed E-state index contributed by atoms with van der Waals surface area (Å²) in [5.41, 5.74) is 4.28. The minimum atomic E-state index is 0.242. The van der Waals surface area contributed by atoms with Gasteiger partial charge in [0.1, 0.15) is 16.5 Å². The molecule has 1 fully saturated rings. The molecule has 0 spiro atoms. The van der Waals surface area contributed by atoms with Gasteiger partial charge in [0, 0.05) is 32.7 Å². The summed E-state index contributed by atoms with van der Waals surface area (Å²) < 4.78 is 11.8. The van der Waals surface area contributed by atoms with E-state index in [0.29, 0.717) is 6.61 Å². The Labute approximate surface area is 195 Å². The van der Waals surface area contributed by atoms with E-state index in [0.717, 1.165) is 57.1 Å². The van der Waals surface area contributed by atoms with E-state index in [4.69, 9.17) is 9.47 Å². The molecule has 170 valence electrons. The minimum absolute atomic E-state index is 0.242. The third kappa shape index (κ3) is 6.02. The van der Waals surface area contributed by atoms with Gasteiger partial charge in [0.15, 0.2) is 0 Å². The van der Waals surface area contributed by atoms with Crippen LogP contribution in [0.25, 0.3) is 11.1 Å². The van der Waals surface area contributed by atoms with Crippen LogP contribution in [0.3, 0.4) is 0 Å². The molecule has 0 saturated carbocycles. The molecule has 1 aliphatic rings. The zero-order chi connectivity index (χ0) is 22.2. The van der Waals surface area contributed by atoms with Crippen LogP contribution in [0.15, 0.2) is 60.2 Å². The standard InChI is InChI=1S/C26H33N3O2S/c1-3-23(13-14-28-15-17-29(18-16-28)26-19-27-20-32-26)31-25-11-7-22(8-12-25)21-5-9-24(10-6-21)30-4-2/h5-12,19-20,23H,3-4,13-18H2,1-2H3. The number of hydrogen-bond acceptors (Lipinski definition) is 6. The van der Waals surface area contributed by atoms with E-state index in [9.17, 15) is 0 Å². The molecule has 6 heteroatoms. The fourth-order valence-electron chi connectivity index (χ4n) is 4.06. The van der Waals surface area contributed by atoms with E-state index in [2.05, 4.69) is 58.1 Å². The van der Waals surface area contributed by atoms with E-state index in [1.807, 2.05) is 30.8 Å². The molecule has 0 aliphatic carbocycles. The van der Waals surface area contributed by atoms with Crippen molar-refractivity contribution in [2.75, 3.05) is 44.2 Å². The molecule has 0 amide bonds. The Morgan fingerprint density at radius 3 is 2.12 bits per heavy atom. The zero-order valence-corrected chi connectivity index (χ0v) is 19.9. The number of aromatic nitrogens is 1. The SMILES string of the molecule is CCOc1ccc(-c2ccc(OC(CC)CCN3CCN(c4cncs4)CC3)cc2)cc1. The van der Waals surface area contributed by atoms with E-state index in [-0.39, 0.29) is 6.10 Å². The molecule has 0 N–H and O–H groups in total. The first-order valence-electron chi connectivity index (χ1n) is 11.6. The first kappa shape index (κ1) is 22.6. The number of ether oxygens (including phenoxy) is 2. The van der Waals surface area contributed by atoms with Gasteiger partial charge in [-0.15, -0.1) is 11.3 Å². The summed E-state index contributed by atoms with van der Waals surface area (Å²) in [6.07, 6.45) is 4.28. The van der Waals surface area contributed by atoms with Gasteiger partial charge in [0.25, 0.3) is 0 Å². The van der Waals surface area contributed by atoms with Gasteiger partial charge in [-0.05, 0) is 55.2 Å². The van der Waals surface area contributed by atoms with Gasteiger partial charge < -0.3 is 14.4 Å². The summed E-state index contributed by atoms with van der Waals surface area (Å²) in [4.78, 5) is 9.19. The lowest BCUT2D eigenvalue weighted by Crippen LogP contribution is -2.47. The van der Waals surface area contributed by atoms with E-state index in [1.54, 1.807) is 11.3 Å². The van der Waals surface area contributed by atoms with Crippen molar-refractivity contribution in [3.8, 4) is 22.6 Å². The lowest BCUT2D eigenvalue weighted by Gasteiger charge is -2.35. The van der Waals surface area contributed by atoms with Crippen molar-refractivity contribution in [3.63, 3.8) is 0 Å². The quantitative estimate of drug-likeness (QED) is 0.402. The Hall–Kier alpha value is -2.57. The molecular formula is C26H33N3O2S. The Morgan fingerprint density at radius 2 is 1.56 bits per heavy atom. The summed E-state index contributed by atoms with van der Waals surface area (Å²) in [6, 6.07) is 16.7. The second kappa shape index (κ2) is 11.3. The maximum Gasteiger partial charge on any atom is 0.119 e. The first-order chi connectivity index (χ1) is 15.7. The van der Waals surface area contributed by atoms with Gasteiger partial charge in [-0.1, -0.05) is 31.2 Å². The largest absolute Gasteiger partial charge is 0.494 e. The number of anilines is 1. The van der Waals surface area contributed by atoms with E-state index in [1.165, 1.54) is 16.1 Å². The van der Waals surface area contributed by atoms with E-state index < -0.39 is 0 Å². The molecule has 5 nitrogen and oxygen atoms in total. The normalized spacial score (nSPS) is 15.5. The summed E-state index contributed by atoms with van der Waals surface area (Å²) in [5, 5.41) is 1.29. The fourth-order valence-corrected chi connectivity index (χ4v) is 4.74. The molecular weight excluding hydrogens is 418 g/mol. The van der Waals surface area contributed by atoms with Gasteiger partial charge in [-0.25, -0.2) is 0 Å². The molecule has 1 aliphatic heterocycles. The number of piperazine rings is 1. The maximum atomic E-state index is 6.31. The van der Waals surface area contributed by atoms with Gasteiger partial charge in [0.2, 0.25) is 0 Å². The molecule has 1 aromatic heterocycles. The molecule has 1 unspecified atom stereocenters. The predicted molar refractivity (Wildman–Crippen MR) is 133 cm³/mol. The fraction of sp³-hybridized carbons (Fsp3) is 0.423. The average Bonchev–Trinajstić information content (AvgIpc) is 3.38. The van der Waals surface area contributed by atoms with Crippen LogP contribution in [-0.2, 0) is 0 Å². The van der Waals surface area contributed by atoms with Crippen molar-refractivity contribution in [1.82, 2.24) is 9.88 Å². The zero-order valence-electron chi connectivity index (χ0n) is 19.1. The van der Waals surface area contributed by atoms with Crippen molar-refractivity contribution in [2.45, 2.75) is 32.8 Å². The molecule has 3 aromatic rings.